The molecule has 0 radical (unpaired) electrons. The number of nitrogens with zero attached hydrogens (tertiary/aromatic N) is 1. The maximum Gasteiger partial charge on any atom is 0.313 e. The average molecular weight is 416 g/mol. The van der Waals surface area contributed by atoms with E-state index in [1.54, 1.807) is 0 Å². The van der Waals surface area contributed by atoms with Crippen LogP contribution in [0.5, 0.6) is 0 Å². The van der Waals surface area contributed by atoms with E-state index in [1.807, 2.05) is 21.1 Å². The summed E-state index contributed by atoms with van der Waals surface area (Å²) in [5.41, 5.74) is 0. The van der Waals surface area contributed by atoms with Gasteiger partial charge in [0.15, 0.2) is 0 Å². The number of hydrogen-bond acceptors (Lipinski definition) is 1. The Bertz CT molecular complexity index is 360. The van der Waals surface area contributed by atoms with Crippen LogP contribution in [-0.4, -0.2) is 31.5 Å². The van der Waals surface area contributed by atoms with Crippen molar-refractivity contribution < 1.29 is 21.7 Å². The van der Waals surface area contributed by atoms with E-state index in [0.717, 1.165) is 12.8 Å². The number of hydrogen-bond donors (Lipinski definition) is 0. The first-order valence-corrected chi connectivity index (χ1v) is 12.0. The number of rotatable bonds is 19. The Morgan fingerprint density at radius 2 is 0.964 bits per heavy atom. The zero-order valence-corrected chi connectivity index (χ0v) is 20.4. The molecule has 0 aliphatic heterocycles. The summed E-state index contributed by atoms with van der Waals surface area (Å²) in [6, 6.07) is 0. The van der Waals surface area contributed by atoms with Gasteiger partial charge >= 0.3 is 5.91 Å². The molecule has 0 N–H and O–H groups in total. The largest absolute Gasteiger partial charge is 1.00 e. The van der Waals surface area contributed by atoms with Gasteiger partial charge in [-0.2, -0.15) is 0 Å². The van der Waals surface area contributed by atoms with Crippen molar-refractivity contribution in [3.63, 3.8) is 0 Å². The van der Waals surface area contributed by atoms with Crippen molar-refractivity contribution in [3.05, 3.63) is 12.2 Å². The van der Waals surface area contributed by atoms with Gasteiger partial charge in [0.25, 0.3) is 0 Å². The van der Waals surface area contributed by atoms with Gasteiger partial charge in [-0.3, -0.25) is 4.48 Å². The van der Waals surface area contributed by atoms with Crippen molar-refractivity contribution >= 4 is 5.91 Å². The monoisotopic (exact) mass is 415 g/mol. The Morgan fingerprint density at radius 1 is 0.607 bits per heavy atom. The van der Waals surface area contributed by atoms with Gasteiger partial charge in [-0.25, -0.2) is 4.79 Å². The van der Waals surface area contributed by atoms with Gasteiger partial charge in [0.05, 0.1) is 27.6 Å². The first-order chi connectivity index (χ1) is 13.0. The fourth-order valence-corrected chi connectivity index (χ4v) is 3.39. The predicted molar refractivity (Wildman–Crippen MR) is 121 cm³/mol. The fraction of sp³-hybridized carbons (Fsp3) is 0.880. The molecule has 0 aromatic rings. The lowest BCUT2D eigenvalue weighted by molar-refractivity contribution is -0.792. The molecule has 0 heterocycles. The molecule has 0 atom stereocenters. The van der Waals surface area contributed by atoms with Gasteiger partial charge in [-0.1, -0.05) is 96.1 Å². The molecule has 0 saturated heterocycles. The molecule has 0 aliphatic carbocycles. The Labute approximate surface area is 183 Å². The zero-order valence-electron chi connectivity index (χ0n) is 19.6. The average Bonchev–Trinajstić information content (AvgIpc) is 2.62. The minimum absolute atomic E-state index is 0. The van der Waals surface area contributed by atoms with Gasteiger partial charge in [-0.05, 0) is 32.1 Å². The standard InChI is InChI=1S/C25H50NO.ClH/c1-5-6-7-8-9-10-11-12-13-14-15-16-17-18-19-20-21-22-23-24-25(27)26(2,3)4;/h12-13H,5-11,14-24H2,1-4H3;1H/q+1;/p-1. The van der Waals surface area contributed by atoms with E-state index in [9.17, 15) is 4.79 Å². The number of halogens is 1. The topological polar surface area (TPSA) is 17.1 Å². The summed E-state index contributed by atoms with van der Waals surface area (Å²) in [6.07, 6.45) is 28.4. The van der Waals surface area contributed by atoms with E-state index in [0.29, 0.717) is 10.4 Å². The Kier molecular flexibility index (Phi) is 22.8. The zero-order chi connectivity index (χ0) is 20.2. The summed E-state index contributed by atoms with van der Waals surface area (Å²) >= 11 is 0. The van der Waals surface area contributed by atoms with Gasteiger partial charge in [0, 0.05) is 0 Å². The number of unbranched alkanes of at least 4 members (excludes halogenated alkanes) is 15. The van der Waals surface area contributed by atoms with E-state index in [-0.39, 0.29) is 12.4 Å². The van der Waals surface area contributed by atoms with Crippen molar-refractivity contribution in [1.29, 1.82) is 0 Å². The molecule has 0 rings (SSSR count). The summed E-state index contributed by atoms with van der Waals surface area (Å²) in [7, 11) is 5.90. The molecular formula is C25H50ClNO. The Balaban J connectivity index is 0. The fourth-order valence-electron chi connectivity index (χ4n) is 3.39. The van der Waals surface area contributed by atoms with Crippen molar-refractivity contribution in [2.75, 3.05) is 21.1 Å². The molecule has 0 bridgehead atoms. The third-order valence-electron chi connectivity index (χ3n) is 5.40. The van der Waals surface area contributed by atoms with Crippen LogP contribution < -0.4 is 12.4 Å². The highest BCUT2D eigenvalue weighted by molar-refractivity contribution is 5.68. The summed E-state index contributed by atoms with van der Waals surface area (Å²) in [5, 5.41) is 0. The molecule has 168 valence electrons. The maximum atomic E-state index is 11.8. The molecule has 3 heteroatoms. The lowest BCUT2D eigenvalue weighted by Gasteiger charge is -2.20. The van der Waals surface area contributed by atoms with Gasteiger partial charge in [0.1, 0.15) is 0 Å². The quantitative estimate of drug-likeness (QED) is 0.168. The van der Waals surface area contributed by atoms with Crippen LogP contribution in [0.25, 0.3) is 0 Å². The molecule has 2 nitrogen and oxygen atoms in total. The van der Waals surface area contributed by atoms with Gasteiger partial charge in [-0.15, -0.1) is 0 Å². The first kappa shape index (κ1) is 29.9. The molecule has 0 aliphatic rings. The Hall–Kier alpha value is -0.340. The van der Waals surface area contributed by atoms with E-state index < -0.39 is 0 Å². The maximum absolute atomic E-state index is 11.8. The number of quaternary nitrogens is 1. The second-order valence-corrected chi connectivity index (χ2v) is 9.15. The van der Waals surface area contributed by atoms with Crippen LogP contribution in [0.4, 0.5) is 0 Å². The van der Waals surface area contributed by atoms with Crippen molar-refractivity contribution in [2.24, 2.45) is 0 Å². The van der Waals surface area contributed by atoms with E-state index in [4.69, 9.17) is 0 Å². The SMILES string of the molecule is CCCCCCCCC=CCCCCCCCCCCCC(=O)[N+](C)(C)C.[Cl-]. The first-order valence-electron chi connectivity index (χ1n) is 12.0. The van der Waals surface area contributed by atoms with Crippen LogP contribution >= 0.6 is 0 Å². The number of carbonyl (C=O) groups is 1. The summed E-state index contributed by atoms with van der Waals surface area (Å²) in [4.78, 5) is 11.8. The normalized spacial score (nSPS) is 11.7. The number of carbonyl (C=O) groups excluding carboxylic acids is 1. The lowest BCUT2D eigenvalue weighted by Crippen LogP contribution is -3.00. The van der Waals surface area contributed by atoms with Crippen molar-refractivity contribution in [1.82, 2.24) is 0 Å². The highest BCUT2D eigenvalue weighted by Gasteiger charge is 2.18. The number of amides is 1. The molecule has 28 heavy (non-hydrogen) atoms. The van der Waals surface area contributed by atoms with Crippen LogP contribution in [0.3, 0.4) is 0 Å². The molecule has 0 saturated carbocycles. The summed E-state index contributed by atoms with van der Waals surface area (Å²) < 4.78 is 0.467. The van der Waals surface area contributed by atoms with Crippen molar-refractivity contribution in [3.8, 4) is 0 Å². The van der Waals surface area contributed by atoms with Crippen LogP contribution in [-0.2, 0) is 4.79 Å². The third-order valence-corrected chi connectivity index (χ3v) is 5.40. The smallest absolute Gasteiger partial charge is 0.313 e. The molecule has 0 aromatic carbocycles. The highest BCUT2D eigenvalue weighted by atomic mass is 35.5. The summed E-state index contributed by atoms with van der Waals surface area (Å²) in [5.74, 6) is 0.357. The van der Waals surface area contributed by atoms with Crippen LogP contribution in [0.2, 0.25) is 0 Å². The lowest BCUT2D eigenvalue weighted by atomic mass is 10.1. The third kappa shape index (κ3) is 22.0. The van der Waals surface area contributed by atoms with Crippen molar-refractivity contribution in [2.45, 2.75) is 122 Å². The number of allylic oxidation sites excluding steroid dienone is 2. The molecular weight excluding hydrogens is 366 g/mol. The van der Waals surface area contributed by atoms with Crippen LogP contribution in [0.1, 0.15) is 122 Å². The molecule has 0 aromatic heterocycles. The summed E-state index contributed by atoms with van der Waals surface area (Å²) in [6.45, 7) is 2.28. The molecule has 0 spiro atoms. The van der Waals surface area contributed by atoms with Crippen LogP contribution in [0.15, 0.2) is 12.2 Å². The minimum atomic E-state index is 0. The van der Waals surface area contributed by atoms with Gasteiger partial charge in [0.2, 0.25) is 0 Å². The molecule has 0 unspecified atom stereocenters. The van der Waals surface area contributed by atoms with E-state index in [2.05, 4.69) is 19.1 Å². The minimum Gasteiger partial charge on any atom is -1.00 e. The molecule has 0 fully saturated rings. The van der Waals surface area contributed by atoms with Gasteiger partial charge < -0.3 is 12.4 Å². The second kappa shape index (κ2) is 21.4. The van der Waals surface area contributed by atoms with Crippen LogP contribution in [0, 0.1) is 0 Å². The molecule has 1 amide bonds. The van der Waals surface area contributed by atoms with E-state index >= 15 is 0 Å². The highest BCUT2D eigenvalue weighted by Crippen LogP contribution is 2.13. The Morgan fingerprint density at radius 3 is 1.36 bits per heavy atom. The predicted octanol–water partition coefficient (Wildman–Crippen LogP) is 4.82. The second-order valence-electron chi connectivity index (χ2n) is 9.15. The van der Waals surface area contributed by atoms with E-state index in [1.165, 1.54) is 103 Å².